The van der Waals surface area contributed by atoms with Gasteiger partial charge in [0.25, 0.3) is 5.91 Å². The molecule has 0 radical (unpaired) electrons. The van der Waals surface area contributed by atoms with Gasteiger partial charge < -0.3 is 15.4 Å². The number of carbonyl (C=O) groups excluding carboxylic acids is 2. The van der Waals surface area contributed by atoms with Crippen molar-refractivity contribution in [3.05, 3.63) is 77.6 Å². The highest BCUT2D eigenvalue weighted by atomic mass is 16.5. The number of nitrogens with one attached hydrogen (secondary N) is 2. The number of aromatic nitrogens is 2. The van der Waals surface area contributed by atoms with Crippen molar-refractivity contribution < 1.29 is 14.3 Å². The van der Waals surface area contributed by atoms with Gasteiger partial charge in [-0.3, -0.25) is 4.79 Å². The molecule has 1 aromatic heterocycles. The number of para-hydroxylation sites is 1. The average Bonchev–Trinajstić information content (AvgIpc) is 2.74. The second-order valence-electron chi connectivity index (χ2n) is 5.93. The monoisotopic (exact) mass is 376 g/mol. The highest BCUT2D eigenvalue weighted by Gasteiger charge is 2.12. The van der Waals surface area contributed by atoms with E-state index >= 15 is 0 Å². The second kappa shape index (κ2) is 8.77. The van der Waals surface area contributed by atoms with Crippen LogP contribution in [0.4, 0.5) is 17.3 Å². The summed E-state index contributed by atoms with van der Waals surface area (Å²) in [6, 6.07) is 15.9. The topological polar surface area (TPSA) is 93.2 Å². The number of esters is 1. The molecule has 0 fully saturated rings. The maximum atomic E-state index is 12.5. The molecule has 7 nitrogen and oxygen atoms in total. The number of hydrogen-bond acceptors (Lipinski definition) is 6. The Morgan fingerprint density at radius 2 is 1.89 bits per heavy atom. The van der Waals surface area contributed by atoms with E-state index in [9.17, 15) is 9.59 Å². The largest absolute Gasteiger partial charge is 0.465 e. The zero-order valence-corrected chi connectivity index (χ0v) is 15.6. The second-order valence-corrected chi connectivity index (χ2v) is 5.93. The number of carbonyl (C=O) groups is 2. The van der Waals surface area contributed by atoms with Crippen molar-refractivity contribution in [3.63, 3.8) is 0 Å². The molecule has 0 atom stereocenters. The van der Waals surface area contributed by atoms with Crippen molar-refractivity contribution in [3.8, 4) is 0 Å². The number of anilines is 3. The minimum absolute atomic E-state index is 0.204. The summed E-state index contributed by atoms with van der Waals surface area (Å²) in [4.78, 5) is 32.6. The Labute approximate surface area is 162 Å². The first-order valence-electron chi connectivity index (χ1n) is 8.78. The van der Waals surface area contributed by atoms with Gasteiger partial charge in [-0.25, -0.2) is 14.8 Å². The Hall–Kier alpha value is -3.74. The van der Waals surface area contributed by atoms with E-state index in [-0.39, 0.29) is 5.69 Å². The highest BCUT2D eigenvalue weighted by Crippen LogP contribution is 2.19. The minimum atomic E-state index is -0.473. The zero-order chi connectivity index (χ0) is 19.9. The lowest BCUT2D eigenvalue weighted by atomic mass is 10.1. The maximum absolute atomic E-state index is 12.5. The lowest BCUT2D eigenvalue weighted by molar-refractivity contribution is 0.0600. The number of amides is 1. The van der Waals surface area contributed by atoms with Gasteiger partial charge in [-0.05, 0) is 42.3 Å². The van der Waals surface area contributed by atoms with Crippen molar-refractivity contribution in [2.75, 3.05) is 17.7 Å². The van der Waals surface area contributed by atoms with Crippen LogP contribution in [0.25, 0.3) is 0 Å². The minimum Gasteiger partial charge on any atom is -0.465 e. The van der Waals surface area contributed by atoms with Gasteiger partial charge in [0.15, 0.2) is 0 Å². The van der Waals surface area contributed by atoms with Crippen LogP contribution in [0.2, 0.25) is 0 Å². The summed E-state index contributed by atoms with van der Waals surface area (Å²) < 4.78 is 4.69. The number of rotatable bonds is 6. The molecule has 3 rings (SSSR count). The predicted molar refractivity (Wildman–Crippen MR) is 107 cm³/mol. The SMILES string of the molecule is CCc1ccccc1Nc1nccc(C(=O)Nc2cccc(C(=O)OC)c2)n1. The Morgan fingerprint density at radius 1 is 1.07 bits per heavy atom. The Bertz CT molecular complexity index is 1000. The summed E-state index contributed by atoms with van der Waals surface area (Å²) in [7, 11) is 1.31. The molecule has 3 aromatic rings. The maximum Gasteiger partial charge on any atom is 0.337 e. The molecule has 142 valence electrons. The van der Waals surface area contributed by atoms with Crippen LogP contribution in [0.5, 0.6) is 0 Å². The fourth-order valence-corrected chi connectivity index (χ4v) is 2.65. The molecule has 0 aliphatic rings. The van der Waals surface area contributed by atoms with E-state index in [1.165, 1.54) is 19.4 Å². The number of hydrogen-bond donors (Lipinski definition) is 2. The molecule has 0 bridgehead atoms. The molecular formula is C21H20N4O3. The van der Waals surface area contributed by atoms with Gasteiger partial charge in [0, 0.05) is 17.6 Å². The van der Waals surface area contributed by atoms with E-state index in [0.717, 1.165) is 17.7 Å². The van der Waals surface area contributed by atoms with Crippen LogP contribution in [0, 0.1) is 0 Å². The van der Waals surface area contributed by atoms with Crippen LogP contribution in [-0.4, -0.2) is 29.0 Å². The Kier molecular flexibility index (Phi) is 5.96. The van der Waals surface area contributed by atoms with E-state index in [1.807, 2.05) is 24.3 Å². The first kappa shape index (κ1) is 19.0. The van der Waals surface area contributed by atoms with Crippen LogP contribution in [-0.2, 0) is 11.2 Å². The number of methoxy groups -OCH3 is 1. The van der Waals surface area contributed by atoms with Crippen LogP contribution < -0.4 is 10.6 Å². The lowest BCUT2D eigenvalue weighted by Gasteiger charge is -2.10. The normalized spacial score (nSPS) is 10.2. The highest BCUT2D eigenvalue weighted by molar-refractivity contribution is 6.03. The fraction of sp³-hybridized carbons (Fsp3) is 0.143. The molecule has 28 heavy (non-hydrogen) atoms. The quantitative estimate of drug-likeness (QED) is 0.635. The third kappa shape index (κ3) is 4.50. The van der Waals surface area contributed by atoms with E-state index in [0.29, 0.717) is 17.2 Å². The summed E-state index contributed by atoms with van der Waals surface area (Å²) in [6.07, 6.45) is 2.38. The standard InChI is InChI=1S/C21H20N4O3/c1-3-14-7-4-5-10-17(14)24-21-22-12-11-18(25-21)19(26)23-16-9-6-8-15(13-16)20(27)28-2/h4-13H,3H2,1-2H3,(H,23,26)(H,22,24,25). The summed E-state index contributed by atoms with van der Waals surface area (Å²) >= 11 is 0. The third-order valence-corrected chi connectivity index (χ3v) is 4.07. The Balaban J connectivity index is 1.76. The molecule has 7 heteroatoms. The van der Waals surface area contributed by atoms with E-state index < -0.39 is 11.9 Å². The number of nitrogens with zero attached hydrogens (tertiary/aromatic N) is 2. The van der Waals surface area contributed by atoms with Gasteiger partial charge in [0.05, 0.1) is 12.7 Å². The van der Waals surface area contributed by atoms with E-state index in [2.05, 4.69) is 27.5 Å². The molecule has 0 spiro atoms. The van der Waals surface area contributed by atoms with Gasteiger partial charge in [0.2, 0.25) is 5.95 Å². The van der Waals surface area contributed by atoms with Crippen molar-refractivity contribution in [2.24, 2.45) is 0 Å². The summed E-state index contributed by atoms with van der Waals surface area (Å²) in [6.45, 7) is 2.06. The van der Waals surface area contributed by atoms with Crippen LogP contribution in [0.3, 0.4) is 0 Å². The van der Waals surface area contributed by atoms with Crippen molar-refractivity contribution in [1.29, 1.82) is 0 Å². The molecule has 1 amide bonds. The van der Waals surface area contributed by atoms with E-state index in [1.54, 1.807) is 24.3 Å². The molecule has 0 aliphatic heterocycles. The van der Waals surface area contributed by atoms with E-state index in [4.69, 9.17) is 4.74 Å². The molecule has 1 heterocycles. The molecule has 0 saturated carbocycles. The van der Waals surface area contributed by atoms with Crippen molar-refractivity contribution in [2.45, 2.75) is 13.3 Å². The number of ether oxygens (including phenoxy) is 1. The summed E-state index contributed by atoms with van der Waals surface area (Å²) in [5.41, 5.74) is 3.04. The van der Waals surface area contributed by atoms with Gasteiger partial charge in [0.1, 0.15) is 5.69 Å². The molecule has 0 saturated heterocycles. The van der Waals surface area contributed by atoms with Gasteiger partial charge in [-0.1, -0.05) is 31.2 Å². The third-order valence-electron chi connectivity index (χ3n) is 4.07. The average molecular weight is 376 g/mol. The molecular weight excluding hydrogens is 356 g/mol. The number of aryl methyl sites for hydroxylation is 1. The van der Waals surface area contributed by atoms with Gasteiger partial charge in [-0.2, -0.15) is 0 Å². The zero-order valence-electron chi connectivity index (χ0n) is 15.6. The van der Waals surface area contributed by atoms with Gasteiger partial charge in [-0.15, -0.1) is 0 Å². The van der Waals surface area contributed by atoms with Crippen molar-refractivity contribution >= 4 is 29.2 Å². The van der Waals surface area contributed by atoms with Crippen LogP contribution in [0.1, 0.15) is 33.3 Å². The smallest absolute Gasteiger partial charge is 0.337 e. The van der Waals surface area contributed by atoms with Crippen LogP contribution >= 0.6 is 0 Å². The molecule has 2 N–H and O–H groups in total. The number of benzene rings is 2. The first-order valence-corrected chi connectivity index (χ1v) is 8.78. The Morgan fingerprint density at radius 3 is 2.68 bits per heavy atom. The summed E-state index contributed by atoms with van der Waals surface area (Å²) in [5, 5.41) is 5.88. The van der Waals surface area contributed by atoms with Crippen LogP contribution in [0.15, 0.2) is 60.8 Å². The molecule has 0 aliphatic carbocycles. The first-order chi connectivity index (χ1) is 13.6. The lowest BCUT2D eigenvalue weighted by Crippen LogP contribution is -2.15. The molecule has 0 unspecified atom stereocenters. The molecule has 2 aromatic carbocycles. The predicted octanol–water partition coefficient (Wildman–Crippen LogP) is 3.82. The van der Waals surface area contributed by atoms with Crippen molar-refractivity contribution in [1.82, 2.24) is 9.97 Å². The fourth-order valence-electron chi connectivity index (χ4n) is 2.65. The summed E-state index contributed by atoms with van der Waals surface area (Å²) in [5.74, 6) is -0.549. The van der Waals surface area contributed by atoms with Gasteiger partial charge >= 0.3 is 5.97 Å².